The molecule has 1 N–H and O–H groups in total. The number of anilines is 1. The van der Waals surface area contributed by atoms with E-state index in [1.807, 2.05) is 18.7 Å². The first kappa shape index (κ1) is 15.1. The molecular formula is C14H19N3OS2. The van der Waals surface area contributed by atoms with E-state index in [2.05, 4.69) is 34.8 Å². The van der Waals surface area contributed by atoms with Crippen molar-refractivity contribution >= 4 is 34.1 Å². The summed E-state index contributed by atoms with van der Waals surface area (Å²) in [5, 5.41) is 5.52. The van der Waals surface area contributed by atoms with Crippen molar-refractivity contribution in [1.82, 2.24) is 9.55 Å². The Balaban J connectivity index is 2.12. The zero-order valence-electron chi connectivity index (χ0n) is 12.2. The average Bonchev–Trinajstić information content (AvgIpc) is 2.97. The molecule has 6 heteroatoms. The Hall–Kier alpha value is -1.27. The highest BCUT2D eigenvalue weighted by Gasteiger charge is 2.12. The van der Waals surface area contributed by atoms with Crippen LogP contribution in [0, 0.1) is 13.8 Å². The molecule has 2 heterocycles. The van der Waals surface area contributed by atoms with Gasteiger partial charge in [0, 0.05) is 41.6 Å². The van der Waals surface area contributed by atoms with E-state index in [1.165, 1.54) is 22.7 Å². The second-order valence-electron chi connectivity index (χ2n) is 4.67. The Morgan fingerprint density at radius 1 is 1.50 bits per heavy atom. The smallest absolute Gasteiger partial charge is 0.226 e. The molecule has 0 aliphatic rings. The predicted octanol–water partition coefficient (Wildman–Crippen LogP) is 3.46. The van der Waals surface area contributed by atoms with Crippen molar-refractivity contribution in [2.75, 3.05) is 17.3 Å². The summed E-state index contributed by atoms with van der Waals surface area (Å²) in [5.41, 5.74) is 4.45. The summed E-state index contributed by atoms with van der Waals surface area (Å²) < 4.78 is 2.14. The topological polar surface area (TPSA) is 46.9 Å². The van der Waals surface area contributed by atoms with E-state index in [0.29, 0.717) is 11.6 Å². The van der Waals surface area contributed by atoms with Crippen LogP contribution in [-0.4, -0.2) is 27.5 Å². The highest BCUT2D eigenvalue weighted by molar-refractivity contribution is 7.98. The number of amides is 1. The van der Waals surface area contributed by atoms with Crippen LogP contribution < -0.4 is 5.32 Å². The van der Waals surface area contributed by atoms with Crippen LogP contribution in [0.1, 0.15) is 17.8 Å². The number of aromatic nitrogens is 2. The number of thioether (sulfide) groups is 1. The minimum Gasteiger partial charge on any atom is -0.351 e. The zero-order chi connectivity index (χ0) is 14.7. The van der Waals surface area contributed by atoms with Crippen LogP contribution in [0.5, 0.6) is 0 Å². The lowest BCUT2D eigenvalue weighted by Crippen LogP contribution is -2.11. The second-order valence-corrected chi connectivity index (χ2v) is 6.52. The van der Waals surface area contributed by atoms with Crippen LogP contribution in [-0.2, 0) is 11.8 Å². The molecular weight excluding hydrogens is 290 g/mol. The predicted molar refractivity (Wildman–Crippen MR) is 87.6 cm³/mol. The molecule has 0 aliphatic carbocycles. The van der Waals surface area contributed by atoms with E-state index in [9.17, 15) is 4.79 Å². The highest BCUT2D eigenvalue weighted by atomic mass is 32.2. The van der Waals surface area contributed by atoms with Gasteiger partial charge >= 0.3 is 0 Å². The van der Waals surface area contributed by atoms with Crippen LogP contribution in [0.4, 0.5) is 5.13 Å². The first-order chi connectivity index (χ1) is 9.52. The number of nitrogens with one attached hydrogen (secondary N) is 1. The van der Waals surface area contributed by atoms with Gasteiger partial charge in [-0.25, -0.2) is 4.98 Å². The van der Waals surface area contributed by atoms with Crippen molar-refractivity contribution in [2.24, 2.45) is 7.05 Å². The fourth-order valence-electron chi connectivity index (χ4n) is 1.95. The van der Waals surface area contributed by atoms with Gasteiger partial charge in [0.15, 0.2) is 5.13 Å². The van der Waals surface area contributed by atoms with Gasteiger partial charge in [-0.2, -0.15) is 11.8 Å². The second kappa shape index (κ2) is 6.45. The molecule has 0 atom stereocenters. The quantitative estimate of drug-likeness (QED) is 0.920. The van der Waals surface area contributed by atoms with Crippen LogP contribution in [0.2, 0.25) is 0 Å². The highest BCUT2D eigenvalue weighted by Crippen LogP contribution is 2.29. The molecule has 0 unspecified atom stereocenters. The summed E-state index contributed by atoms with van der Waals surface area (Å²) in [5.74, 6) is 0.863. The first-order valence-corrected chi connectivity index (χ1v) is 8.68. The number of nitrogens with zero attached hydrogens (tertiary/aromatic N) is 2. The SMILES string of the molecule is CSCCC(=O)Nc1nc(-c2cc(C)n(C)c2C)cs1. The molecule has 2 rings (SSSR count). The molecule has 108 valence electrons. The van der Waals surface area contributed by atoms with Gasteiger partial charge in [0.05, 0.1) is 5.69 Å². The fraction of sp³-hybridized carbons (Fsp3) is 0.429. The van der Waals surface area contributed by atoms with E-state index in [4.69, 9.17) is 0 Å². The van der Waals surface area contributed by atoms with E-state index in [-0.39, 0.29) is 5.91 Å². The lowest BCUT2D eigenvalue weighted by atomic mass is 10.2. The molecule has 2 aromatic heterocycles. The molecule has 0 radical (unpaired) electrons. The molecule has 1 amide bonds. The first-order valence-electron chi connectivity index (χ1n) is 6.40. The standard InChI is InChI=1S/C14H19N3OS2/c1-9-7-11(10(2)17(9)3)12-8-20-14(15-12)16-13(18)5-6-19-4/h7-8H,5-6H2,1-4H3,(H,15,16,18). The Morgan fingerprint density at radius 2 is 2.25 bits per heavy atom. The van der Waals surface area contributed by atoms with Crippen LogP contribution >= 0.6 is 23.1 Å². The largest absolute Gasteiger partial charge is 0.351 e. The minimum atomic E-state index is 0.0289. The van der Waals surface area contributed by atoms with E-state index in [1.54, 1.807) is 11.8 Å². The lowest BCUT2D eigenvalue weighted by Gasteiger charge is -2.01. The monoisotopic (exact) mass is 309 g/mol. The van der Waals surface area contributed by atoms with Gasteiger partial charge < -0.3 is 9.88 Å². The summed E-state index contributed by atoms with van der Waals surface area (Å²) >= 11 is 3.14. The van der Waals surface area contributed by atoms with E-state index < -0.39 is 0 Å². The molecule has 0 saturated heterocycles. The Morgan fingerprint density at radius 3 is 2.85 bits per heavy atom. The molecule has 0 aliphatic heterocycles. The number of thiazole rings is 1. The summed E-state index contributed by atoms with van der Waals surface area (Å²) in [6.45, 7) is 4.16. The zero-order valence-corrected chi connectivity index (χ0v) is 13.8. The molecule has 0 saturated carbocycles. The number of rotatable bonds is 5. The number of aryl methyl sites for hydroxylation is 1. The van der Waals surface area contributed by atoms with Crippen molar-refractivity contribution < 1.29 is 4.79 Å². The van der Waals surface area contributed by atoms with Gasteiger partial charge in [0.1, 0.15) is 0 Å². The molecule has 2 aromatic rings. The van der Waals surface area contributed by atoms with Crippen molar-refractivity contribution in [2.45, 2.75) is 20.3 Å². The van der Waals surface area contributed by atoms with Crippen molar-refractivity contribution in [3.63, 3.8) is 0 Å². The maximum atomic E-state index is 11.7. The van der Waals surface area contributed by atoms with Gasteiger partial charge in [-0.05, 0) is 26.2 Å². The van der Waals surface area contributed by atoms with Gasteiger partial charge in [-0.1, -0.05) is 0 Å². The van der Waals surface area contributed by atoms with E-state index >= 15 is 0 Å². The van der Waals surface area contributed by atoms with Gasteiger partial charge in [-0.3, -0.25) is 4.79 Å². The van der Waals surface area contributed by atoms with Crippen molar-refractivity contribution in [3.8, 4) is 11.3 Å². The van der Waals surface area contributed by atoms with Gasteiger partial charge in [-0.15, -0.1) is 11.3 Å². The average molecular weight is 309 g/mol. The van der Waals surface area contributed by atoms with Crippen LogP contribution in [0.25, 0.3) is 11.3 Å². The Kier molecular flexibility index (Phi) is 4.88. The summed E-state index contributed by atoms with van der Waals surface area (Å²) in [4.78, 5) is 16.2. The van der Waals surface area contributed by atoms with Crippen molar-refractivity contribution in [1.29, 1.82) is 0 Å². The van der Waals surface area contributed by atoms with Gasteiger partial charge in [0.25, 0.3) is 0 Å². The minimum absolute atomic E-state index is 0.0289. The third kappa shape index (κ3) is 3.24. The Bertz CT molecular complexity index is 616. The third-order valence-electron chi connectivity index (χ3n) is 3.33. The third-order valence-corrected chi connectivity index (χ3v) is 4.71. The summed E-state index contributed by atoms with van der Waals surface area (Å²) in [7, 11) is 2.05. The number of carbonyl (C=O) groups excluding carboxylic acids is 1. The normalized spacial score (nSPS) is 10.8. The Labute approximate surface area is 127 Å². The molecule has 0 aromatic carbocycles. The van der Waals surface area contributed by atoms with Crippen LogP contribution in [0.15, 0.2) is 11.4 Å². The number of carbonyl (C=O) groups is 1. The molecule has 0 bridgehead atoms. The van der Waals surface area contributed by atoms with E-state index in [0.717, 1.165) is 17.0 Å². The number of hydrogen-bond acceptors (Lipinski definition) is 4. The summed E-state index contributed by atoms with van der Waals surface area (Å²) in [6.07, 6.45) is 2.52. The molecule has 0 fully saturated rings. The molecule has 0 spiro atoms. The maximum absolute atomic E-state index is 11.7. The molecule has 4 nitrogen and oxygen atoms in total. The fourth-order valence-corrected chi connectivity index (χ4v) is 3.06. The van der Waals surface area contributed by atoms with Gasteiger partial charge in [0.2, 0.25) is 5.91 Å². The molecule has 20 heavy (non-hydrogen) atoms. The maximum Gasteiger partial charge on any atom is 0.226 e. The van der Waals surface area contributed by atoms with Crippen molar-refractivity contribution in [3.05, 3.63) is 22.8 Å². The number of hydrogen-bond donors (Lipinski definition) is 1. The van der Waals surface area contributed by atoms with Crippen LogP contribution in [0.3, 0.4) is 0 Å². The lowest BCUT2D eigenvalue weighted by molar-refractivity contribution is -0.115. The summed E-state index contributed by atoms with van der Waals surface area (Å²) in [6, 6.07) is 2.13.